The molecule has 0 aromatic heterocycles. The predicted molar refractivity (Wildman–Crippen MR) is 74.7 cm³/mol. The number of allylic oxidation sites excluding steroid dienone is 2. The summed E-state index contributed by atoms with van der Waals surface area (Å²) >= 11 is 0. The van der Waals surface area contributed by atoms with Crippen LogP contribution in [0.25, 0.3) is 0 Å². The lowest BCUT2D eigenvalue weighted by molar-refractivity contribution is 1.26. The van der Waals surface area contributed by atoms with Crippen molar-refractivity contribution in [3.05, 3.63) is 72.3 Å². The van der Waals surface area contributed by atoms with Gasteiger partial charge in [-0.1, -0.05) is 42.5 Å². The Balaban J connectivity index is 2.03. The summed E-state index contributed by atoms with van der Waals surface area (Å²) in [7, 11) is 0. The minimum Gasteiger partial charge on any atom is -0.356 e. The maximum absolute atomic E-state index is 3.37. The van der Waals surface area contributed by atoms with Crippen LogP contribution in [0.3, 0.4) is 0 Å². The van der Waals surface area contributed by atoms with E-state index >= 15 is 0 Å². The standard InChI is InChI=1S/C16H17N/c1-2-3-7-14-10-12-16(13-11-14)17-15-8-5-4-6-9-15/h2-6,8-13,17H,7H2,1H3. The van der Waals surface area contributed by atoms with Gasteiger partial charge in [0.15, 0.2) is 0 Å². The van der Waals surface area contributed by atoms with Crippen molar-refractivity contribution in [1.82, 2.24) is 0 Å². The summed E-state index contributed by atoms with van der Waals surface area (Å²) < 4.78 is 0. The first-order valence-corrected chi connectivity index (χ1v) is 5.90. The van der Waals surface area contributed by atoms with E-state index in [0.717, 1.165) is 17.8 Å². The maximum atomic E-state index is 3.37. The Kier molecular flexibility index (Phi) is 3.98. The summed E-state index contributed by atoms with van der Waals surface area (Å²) in [5.74, 6) is 0. The van der Waals surface area contributed by atoms with Gasteiger partial charge in [0.1, 0.15) is 0 Å². The molecular formula is C16H17N. The molecule has 0 spiro atoms. The maximum Gasteiger partial charge on any atom is 0.0384 e. The van der Waals surface area contributed by atoms with E-state index in [2.05, 4.69) is 53.9 Å². The molecule has 86 valence electrons. The van der Waals surface area contributed by atoms with Crippen molar-refractivity contribution in [2.45, 2.75) is 13.3 Å². The van der Waals surface area contributed by atoms with Gasteiger partial charge in [0, 0.05) is 11.4 Å². The molecule has 0 aliphatic heterocycles. The molecule has 1 nitrogen and oxygen atoms in total. The molecular weight excluding hydrogens is 206 g/mol. The predicted octanol–water partition coefficient (Wildman–Crippen LogP) is 4.55. The quantitative estimate of drug-likeness (QED) is 0.750. The summed E-state index contributed by atoms with van der Waals surface area (Å²) in [4.78, 5) is 0. The van der Waals surface area contributed by atoms with Crippen LogP contribution in [0.1, 0.15) is 12.5 Å². The van der Waals surface area contributed by atoms with Gasteiger partial charge >= 0.3 is 0 Å². The molecule has 0 amide bonds. The minimum atomic E-state index is 1.00. The van der Waals surface area contributed by atoms with Crippen LogP contribution < -0.4 is 5.32 Å². The minimum absolute atomic E-state index is 1.00. The average molecular weight is 223 g/mol. The van der Waals surface area contributed by atoms with Crippen LogP contribution in [0.4, 0.5) is 11.4 Å². The van der Waals surface area contributed by atoms with E-state index in [-0.39, 0.29) is 0 Å². The highest BCUT2D eigenvalue weighted by Gasteiger charge is 1.94. The van der Waals surface area contributed by atoms with E-state index < -0.39 is 0 Å². The molecule has 0 heterocycles. The molecule has 2 rings (SSSR count). The van der Waals surface area contributed by atoms with Crippen LogP contribution in [0.15, 0.2) is 66.7 Å². The number of anilines is 2. The van der Waals surface area contributed by atoms with Gasteiger partial charge in [-0.15, -0.1) is 0 Å². The monoisotopic (exact) mass is 223 g/mol. The third kappa shape index (κ3) is 3.49. The van der Waals surface area contributed by atoms with Gasteiger partial charge in [0.05, 0.1) is 0 Å². The molecule has 1 heteroatoms. The van der Waals surface area contributed by atoms with E-state index in [0.29, 0.717) is 0 Å². The Morgan fingerprint density at radius 1 is 0.882 bits per heavy atom. The van der Waals surface area contributed by atoms with Crippen molar-refractivity contribution in [2.75, 3.05) is 5.32 Å². The lowest BCUT2D eigenvalue weighted by Crippen LogP contribution is -1.90. The van der Waals surface area contributed by atoms with Gasteiger partial charge in [-0.25, -0.2) is 0 Å². The number of benzene rings is 2. The van der Waals surface area contributed by atoms with Gasteiger partial charge in [-0.2, -0.15) is 0 Å². The van der Waals surface area contributed by atoms with Crippen LogP contribution in [-0.2, 0) is 6.42 Å². The Morgan fingerprint density at radius 2 is 1.53 bits per heavy atom. The fraction of sp³-hybridized carbons (Fsp3) is 0.125. The number of para-hydroxylation sites is 1. The van der Waals surface area contributed by atoms with Crippen LogP contribution in [0.5, 0.6) is 0 Å². The van der Waals surface area contributed by atoms with Gasteiger partial charge < -0.3 is 5.32 Å². The van der Waals surface area contributed by atoms with Crippen LogP contribution >= 0.6 is 0 Å². The Morgan fingerprint density at radius 3 is 2.18 bits per heavy atom. The first kappa shape index (κ1) is 11.5. The van der Waals surface area contributed by atoms with Gasteiger partial charge in [0.25, 0.3) is 0 Å². The normalized spacial score (nSPS) is 10.6. The fourth-order valence-electron chi connectivity index (χ4n) is 1.67. The third-order valence-electron chi connectivity index (χ3n) is 2.61. The van der Waals surface area contributed by atoms with Crippen molar-refractivity contribution in [3.8, 4) is 0 Å². The smallest absolute Gasteiger partial charge is 0.0384 e. The topological polar surface area (TPSA) is 12.0 Å². The average Bonchev–Trinajstić information content (AvgIpc) is 2.39. The van der Waals surface area contributed by atoms with E-state index in [1.165, 1.54) is 5.56 Å². The molecule has 0 saturated heterocycles. The number of rotatable bonds is 4. The molecule has 0 unspecified atom stereocenters. The van der Waals surface area contributed by atoms with Crippen molar-refractivity contribution in [2.24, 2.45) is 0 Å². The molecule has 2 aromatic carbocycles. The first-order chi connectivity index (χ1) is 8.38. The van der Waals surface area contributed by atoms with Gasteiger partial charge in [-0.05, 0) is 43.2 Å². The van der Waals surface area contributed by atoms with Gasteiger partial charge in [-0.3, -0.25) is 0 Å². The first-order valence-electron chi connectivity index (χ1n) is 5.90. The van der Waals surface area contributed by atoms with E-state index in [1.807, 2.05) is 25.1 Å². The summed E-state index contributed by atoms with van der Waals surface area (Å²) in [6.45, 7) is 2.05. The van der Waals surface area contributed by atoms with E-state index in [9.17, 15) is 0 Å². The fourth-order valence-corrected chi connectivity index (χ4v) is 1.67. The summed E-state index contributed by atoms with van der Waals surface area (Å²) in [6.07, 6.45) is 5.25. The highest BCUT2D eigenvalue weighted by atomic mass is 14.9. The molecule has 0 saturated carbocycles. The Hall–Kier alpha value is -2.02. The van der Waals surface area contributed by atoms with Crippen molar-refractivity contribution >= 4 is 11.4 Å². The number of nitrogens with one attached hydrogen (secondary N) is 1. The molecule has 0 atom stereocenters. The van der Waals surface area contributed by atoms with Gasteiger partial charge in [0.2, 0.25) is 0 Å². The Bertz CT molecular complexity index is 469. The third-order valence-corrected chi connectivity index (χ3v) is 2.61. The molecule has 0 aliphatic carbocycles. The lowest BCUT2D eigenvalue weighted by Gasteiger charge is -2.06. The zero-order chi connectivity index (χ0) is 11.9. The molecule has 1 N–H and O–H groups in total. The number of hydrogen-bond acceptors (Lipinski definition) is 1. The van der Waals surface area contributed by atoms with Crippen LogP contribution in [0.2, 0.25) is 0 Å². The zero-order valence-corrected chi connectivity index (χ0v) is 10.1. The highest BCUT2D eigenvalue weighted by Crippen LogP contribution is 2.16. The van der Waals surface area contributed by atoms with Crippen molar-refractivity contribution in [1.29, 1.82) is 0 Å². The van der Waals surface area contributed by atoms with Crippen LogP contribution in [-0.4, -0.2) is 0 Å². The second-order valence-corrected chi connectivity index (χ2v) is 3.96. The molecule has 2 aromatic rings. The molecule has 0 aliphatic rings. The van der Waals surface area contributed by atoms with E-state index in [4.69, 9.17) is 0 Å². The van der Waals surface area contributed by atoms with E-state index in [1.54, 1.807) is 0 Å². The summed E-state index contributed by atoms with van der Waals surface area (Å²) in [6, 6.07) is 18.8. The molecule has 0 radical (unpaired) electrons. The lowest BCUT2D eigenvalue weighted by atomic mass is 10.1. The van der Waals surface area contributed by atoms with Crippen LogP contribution in [0, 0.1) is 0 Å². The van der Waals surface area contributed by atoms with Crippen molar-refractivity contribution < 1.29 is 0 Å². The Labute approximate surface area is 103 Å². The SMILES string of the molecule is CC=CCc1ccc(Nc2ccccc2)cc1. The zero-order valence-electron chi connectivity index (χ0n) is 10.1. The number of hydrogen-bond donors (Lipinski definition) is 1. The van der Waals surface area contributed by atoms with Crippen molar-refractivity contribution in [3.63, 3.8) is 0 Å². The highest BCUT2D eigenvalue weighted by molar-refractivity contribution is 5.59. The molecule has 17 heavy (non-hydrogen) atoms. The summed E-state index contributed by atoms with van der Waals surface area (Å²) in [5.41, 5.74) is 3.58. The second kappa shape index (κ2) is 5.90. The molecule has 0 fully saturated rings. The molecule has 0 bridgehead atoms. The second-order valence-electron chi connectivity index (χ2n) is 3.96. The largest absolute Gasteiger partial charge is 0.356 e. The summed E-state index contributed by atoms with van der Waals surface area (Å²) in [5, 5.41) is 3.37.